The third-order valence-electron chi connectivity index (χ3n) is 5.98. The van der Waals surface area contributed by atoms with Crippen LogP contribution < -0.4 is 4.90 Å². The van der Waals surface area contributed by atoms with Gasteiger partial charge in [0.15, 0.2) is 0 Å². The van der Waals surface area contributed by atoms with Gasteiger partial charge in [0.1, 0.15) is 5.82 Å². The summed E-state index contributed by atoms with van der Waals surface area (Å²) in [7, 11) is 0. The van der Waals surface area contributed by atoms with Gasteiger partial charge in [0.25, 0.3) is 0 Å². The van der Waals surface area contributed by atoms with Gasteiger partial charge >= 0.3 is 0 Å². The molecule has 0 aliphatic carbocycles. The summed E-state index contributed by atoms with van der Waals surface area (Å²) in [5.74, 6) is -0.233. The maximum atomic E-state index is 13.4. The number of halogens is 1. The molecular weight excluding hydrogens is 355 g/mol. The van der Waals surface area contributed by atoms with E-state index in [1.807, 2.05) is 35.2 Å². The highest BCUT2D eigenvalue weighted by atomic mass is 19.1. The van der Waals surface area contributed by atoms with Gasteiger partial charge in [0.05, 0.1) is 11.8 Å². The lowest BCUT2D eigenvalue weighted by molar-refractivity contribution is -0.141. The second-order valence-corrected chi connectivity index (χ2v) is 7.90. The van der Waals surface area contributed by atoms with Crippen LogP contribution in [0, 0.1) is 11.2 Å². The van der Waals surface area contributed by atoms with Crippen molar-refractivity contribution < 1.29 is 14.0 Å². The Kier molecular flexibility index (Phi) is 5.16. The molecule has 0 radical (unpaired) electrons. The highest BCUT2D eigenvalue weighted by molar-refractivity contribution is 5.99. The standard InChI is InChI=1S/C23H25FN2O2/c24-19-8-4-7-18(15-19)16-21(27)25-13-5-11-23(17-25)12-6-14-26(22(23)28)20-9-2-1-3-10-20/h1-4,7-10,15H,5-6,11-14,16-17H2. The fourth-order valence-electron chi connectivity index (χ4n) is 4.58. The molecule has 28 heavy (non-hydrogen) atoms. The smallest absolute Gasteiger partial charge is 0.234 e. The number of likely N-dealkylation sites (tertiary alicyclic amines) is 1. The molecule has 2 aromatic rings. The van der Waals surface area contributed by atoms with Gasteiger partial charge in [-0.2, -0.15) is 0 Å². The quantitative estimate of drug-likeness (QED) is 0.813. The van der Waals surface area contributed by atoms with Gasteiger partial charge in [-0.3, -0.25) is 9.59 Å². The molecule has 2 saturated heterocycles. The summed E-state index contributed by atoms with van der Waals surface area (Å²) in [5, 5.41) is 0. The number of nitrogens with zero attached hydrogens (tertiary/aromatic N) is 2. The van der Waals surface area contributed by atoms with Crippen molar-refractivity contribution in [2.24, 2.45) is 5.41 Å². The molecule has 2 heterocycles. The third-order valence-corrected chi connectivity index (χ3v) is 5.98. The minimum Gasteiger partial charge on any atom is -0.341 e. The second kappa shape index (κ2) is 7.74. The largest absolute Gasteiger partial charge is 0.341 e. The summed E-state index contributed by atoms with van der Waals surface area (Å²) in [6.07, 6.45) is 3.57. The molecule has 0 saturated carbocycles. The van der Waals surface area contributed by atoms with E-state index in [4.69, 9.17) is 0 Å². The Morgan fingerprint density at radius 3 is 2.50 bits per heavy atom. The van der Waals surface area contributed by atoms with Gasteiger partial charge in [0.2, 0.25) is 11.8 Å². The van der Waals surface area contributed by atoms with Crippen LogP contribution in [0.15, 0.2) is 54.6 Å². The van der Waals surface area contributed by atoms with Crippen molar-refractivity contribution in [2.75, 3.05) is 24.5 Å². The Labute approximate surface area is 164 Å². The molecular formula is C23H25FN2O2. The Hall–Kier alpha value is -2.69. The molecule has 146 valence electrons. The molecule has 4 nitrogen and oxygen atoms in total. The van der Waals surface area contributed by atoms with Crippen LogP contribution in [0.5, 0.6) is 0 Å². The minimum absolute atomic E-state index is 0.0330. The molecule has 1 spiro atoms. The second-order valence-electron chi connectivity index (χ2n) is 7.90. The van der Waals surface area contributed by atoms with Crippen molar-refractivity contribution in [1.82, 2.24) is 4.90 Å². The first-order chi connectivity index (χ1) is 13.6. The molecule has 0 N–H and O–H groups in total. The number of hydrogen-bond acceptors (Lipinski definition) is 2. The highest BCUT2D eigenvalue weighted by Gasteiger charge is 2.47. The van der Waals surface area contributed by atoms with Crippen molar-refractivity contribution in [3.05, 3.63) is 66.0 Å². The monoisotopic (exact) mass is 380 g/mol. The topological polar surface area (TPSA) is 40.6 Å². The Morgan fingerprint density at radius 1 is 1.00 bits per heavy atom. The third kappa shape index (κ3) is 3.66. The average Bonchev–Trinajstić information content (AvgIpc) is 2.71. The van der Waals surface area contributed by atoms with E-state index in [9.17, 15) is 14.0 Å². The van der Waals surface area contributed by atoms with Gasteiger partial charge in [-0.25, -0.2) is 4.39 Å². The number of para-hydroxylation sites is 1. The summed E-state index contributed by atoms with van der Waals surface area (Å²) >= 11 is 0. The van der Waals surface area contributed by atoms with E-state index in [0.717, 1.165) is 37.9 Å². The molecule has 0 bridgehead atoms. The summed E-state index contributed by atoms with van der Waals surface area (Å²) in [6, 6.07) is 15.9. The van der Waals surface area contributed by atoms with Crippen LogP contribution in [0.1, 0.15) is 31.2 Å². The van der Waals surface area contributed by atoms with Crippen molar-refractivity contribution in [2.45, 2.75) is 32.1 Å². The van der Waals surface area contributed by atoms with Crippen molar-refractivity contribution >= 4 is 17.5 Å². The van der Waals surface area contributed by atoms with Gasteiger partial charge in [-0.1, -0.05) is 30.3 Å². The van der Waals surface area contributed by atoms with E-state index in [2.05, 4.69) is 0 Å². The van der Waals surface area contributed by atoms with E-state index < -0.39 is 5.41 Å². The first-order valence-electron chi connectivity index (χ1n) is 9.97. The average molecular weight is 380 g/mol. The van der Waals surface area contributed by atoms with Crippen LogP contribution in [0.25, 0.3) is 0 Å². The number of benzene rings is 2. The minimum atomic E-state index is -0.496. The first-order valence-corrected chi connectivity index (χ1v) is 9.97. The molecule has 1 unspecified atom stereocenters. The summed E-state index contributed by atoms with van der Waals surface area (Å²) in [5.41, 5.74) is 1.10. The van der Waals surface area contributed by atoms with E-state index in [1.165, 1.54) is 12.1 Å². The lowest BCUT2D eigenvalue weighted by Gasteiger charge is -2.47. The molecule has 2 aliphatic heterocycles. The zero-order valence-corrected chi connectivity index (χ0v) is 15.9. The van der Waals surface area contributed by atoms with E-state index in [1.54, 1.807) is 17.0 Å². The molecule has 5 heteroatoms. The predicted octanol–water partition coefficient (Wildman–Crippen LogP) is 3.80. The molecule has 0 aromatic heterocycles. The molecule has 4 rings (SSSR count). The van der Waals surface area contributed by atoms with Gasteiger partial charge in [-0.05, 0) is 55.5 Å². The van der Waals surface area contributed by atoms with Crippen LogP contribution in [-0.4, -0.2) is 36.3 Å². The highest BCUT2D eigenvalue weighted by Crippen LogP contribution is 2.41. The Balaban J connectivity index is 1.50. The SMILES string of the molecule is O=C(Cc1cccc(F)c1)N1CCCC2(CCCN(c3ccccc3)C2=O)C1. The van der Waals surface area contributed by atoms with E-state index in [0.29, 0.717) is 18.7 Å². The van der Waals surface area contributed by atoms with Crippen LogP contribution in [0.2, 0.25) is 0 Å². The number of rotatable bonds is 3. The predicted molar refractivity (Wildman–Crippen MR) is 106 cm³/mol. The molecule has 2 aromatic carbocycles. The molecule has 1 atom stereocenters. The summed E-state index contributed by atoms with van der Waals surface area (Å²) in [6.45, 7) is 1.85. The number of carbonyl (C=O) groups excluding carboxylic acids is 2. The summed E-state index contributed by atoms with van der Waals surface area (Å²) < 4.78 is 13.4. The van der Waals surface area contributed by atoms with Gasteiger partial charge < -0.3 is 9.80 Å². The van der Waals surface area contributed by atoms with Crippen molar-refractivity contribution in [3.63, 3.8) is 0 Å². The van der Waals surface area contributed by atoms with Crippen LogP contribution in [0.4, 0.5) is 10.1 Å². The fourth-order valence-corrected chi connectivity index (χ4v) is 4.58. The Morgan fingerprint density at radius 2 is 1.75 bits per heavy atom. The van der Waals surface area contributed by atoms with E-state index >= 15 is 0 Å². The maximum absolute atomic E-state index is 13.4. The molecule has 2 amide bonds. The van der Waals surface area contributed by atoms with Crippen LogP contribution in [0.3, 0.4) is 0 Å². The summed E-state index contributed by atoms with van der Waals surface area (Å²) in [4.78, 5) is 29.9. The number of hydrogen-bond donors (Lipinski definition) is 0. The Bertz CT molecular complexity index is 866. The van der Waals surface area contributed by atoms with Crippen molar-refractivity contribution in [3.8, 4) is 0 Å². The lowest BCUT2D eigenvalue weighted by Crippen LogP contribution is -2.57. The lowest BCUT2D eigenvalue weighted by atomic mass is 9.72. The molecule has 2 fully saturated rings. The fraction of sp³-hybridized carbons (Fsp3) is 0.391. The molecule has 2 aliphatic rings. The zero-order valence-electron chi connectivity index (χ0n) is 15.9. The number of piperidine rings is 2. The van der Waals surface area contributed by atoms with Crippen LogP contribution in [-0.2, 0) is 16.0 Å². The zero-order chi connectivity index (χ0) is 19.6. The number of carbonyl (C=O) groups is 2. The normalized spacial score (nSPS) is 22.5. The van der Waals surface area contributed by atoms with Gasteiger partial charge in [-0.15, -0.1) is 0 Å². The maximum Gasteiger partial charge on any atom is 0.234 e. The van der Waals surface area contributed by atoms with Crippen molar-refractivity contribution in [1.29, 1.82) is 0 Å². The van der Waals surface area contributed by atoms with Gasteiger partial charge in [0, 0.05) is 25.3 Å². The first kappa shape index (κ1) is 18.7. The van der Waals surface area contributed by atoms with E-state index in [-0.39, 0.29) is 24.1 Å². The number of anilines is 1. The van der Waals surface area contributed by atoms with Crippen LogP contribution >= 0.6 is 0 Å². The number of amides is 2.